The Morgan fingerprint density at radius 1 is 1.25 bits per heavy atom. The minimum atomic E-state index is 0.316. The first-order valence-corrected chi connectivity index (χ1v) is 5.92. The van der Waals surface area contributed by atoms with E-state index in [1.165, 1.54) is 31.4 Å². The first-order chi connectivity index (χ1) is 5.83. The van der Waals surface area contributed by atoms with E-state index in [9.17, 15) is 0 Å². The Bertz CT molecular complexity index is 113. The van der Waals surface area contributed by atoms with Crippen LogP contribution < -0.4 is 5.73 Å². The molecule has 0 unspecified atom stereocenters. The zero-order chi connectivity index (χ0) is 8.81. The fourth-order valence-corrected chi connectivity index (χ4v) is 2.63. The normalized spacial score (nSPS) is 30.5. The Morgan fingerprint density at radius 3 is 2.50 bits per heavy atom. The van der Waals surface area contributed by atoms with Crippen LogP contribution in [0.4, 0.5) is 0 Å². The average Bonchev–Trinajstić information content (AvgIpc) is 2.09. The van der Waals surface area contributed by atoms with E-state index in [0.717, 1.165) is 11.7 Å². The highest BCUT2D eigenvalue weighted by Crippen LogP contribution is 2.25. The smallest absolute Gasteiger partial charge is 0.0521 e. The molecule has 0 atom stereocenters. The highest BCUT2D eigenvalue weighted by Gasteiger charge is 2.17. The molecule has 1 fully saturated rings. The van der Waals surface area contributed by atoms with E-state index in [2.05, 4.69) is 0 Å². The Kier molecular flexibility index (Phi) is 5.04. The van der Waals surface area contributed by atoms with Crippen molar-refractivity contribution in [1.29, 1.82) is 0 Å². The van der Waals surface area contributed by atoms with E-state index in [-0.39, 0.29) is 0 Å². The van der Waals surface area contributed by atoms with Crippen molar-refractivity contribution in [3.8, 4) is 0 Å². The summed E-state index contributed by atoms with van der Waals surface area (Å²) in [5.74, 6) is 2.97. The molecule has 1 saturated carbocycles. The van der Waals surface area contributed by atoms with Gasteiger partial charge >= 0.3 is 0 Å². The third kappa shape index (κ3) is 3.78. The van der Waals surface area contributed by atoms with E-state index in [0.29, 0.717) is 12.6 Å². The lowest BCUT2D eigenvalue weighted by atomic mass is 9.88. The maximum atomic E-state index is 8.60. The molecule has 12 heavy (non-hydrogen) atoms. The molecule has 72 valence electrons. The summed E-state index contributed by atoms with van der Waals surface area (Å²) in [6, 6.07) is 0.462. The van der Waals surface area contributed by atoms with Gasteiger partial charge in [0.1, 0.15) is 0 Å². The summed E-state index contributed by atoms with van der Waals surface area (Å²) in [5, 5.41) is 8.60. The maximum absolute atomic E-state index is 8.60. The van der Waals surface area contributed by atoms with Gasteiger partial charge in [-0.15, -0.1) is 0 Å². The Morgan fingerprint density at radius 2 is 1.92 bits per heavy atom. The molecule has 3 N–H and O–H groups in total. The van der Waals surface area contributed by atoms with Gasteiger partial charge in [-0.25, -0.2) is 0 Å². The number of nitrogens with two attached hydrogens (primary N) is 1. The number of aliphatic hydroxyl groups excluding tert-OH is 1. The van der Waals surface area contributed by atoms with Gasteiger partial charge in [-0.2, -0.15) is 11.8 Å². The topological polar surface area (TPSA) is 46.2 Å². The number of hydrogen-bond acceptors (Lipinski definition) is 3. The van der Waals surface area contributed by atoms with Gasteiger partial charge in [-0.05, 0) is 37.4 Å². The lowest BCUT2D eigenvalue weighted by Crippen LogP contribution is -2.27. The summed E-state index contributed by atoms with van der Waals surface area (Å²) < 4.78 is 0. The van der Waals surface area contributed by atoms with Gasteiger partial charge in [0.2, 0.25) is 0 Å². The van der Waals surface area contributed by atoms with Crippen LogP contribution >= 0.6 is 11.8 Å². The van der Waals surface area contributed by atoms with Gasteiger partial charge in [0, 0.05) is 11.8 Å². The molecule has 0 aromatic carbocycles. The zero-order valence-corrected chi connectivity index (χ0v) is 8.35. The lowest BCUT2D eigenvalue weighted by molar-refractivity contribution is 0.321. The Balaban J connectivity index is 2.01. The molecule has 0 saturated heterocycles. The van der Waals surface area contributed by atoms with Crippen LogP contribution in [0.3, 0.4) is 0 Å². The molecule has 0 amide bonds. The minimum Gasteiger partial charge on any atom is -0.396 e. The standard InChI is InChI=1S/C9H19NOS/c10-9-3-1-8(2-4-9)7-12-6-5-11/h8-9,11H,1-7,10H2. The fraction of sp³-hybridized carbons (Fsp3) is 1.00. The molecule has 3 heteroatoms. The van der Waals surface area contributed by atoms with Crippen LogP contribution in [-0.4, -0.2) is 29.3 Å². The molecular formula is C9H19NOS. The largest absolute Gasteiger partial charge is 0.396 e. The van der Waals surface area contributed by atoms with Gasteiger partial charge < -0.3 is 10.8 Å². The predicted octanol–water partition coefficient (Wildman–Crippen LogP) is 1.23. The average molecular weight is 189 g/mol. The summed E-state index contributed by atoms with van der Waals surface area (Å²) in [6.07, 6.45) is 4.98. The van der Waals surface area contributed by atoms with Gasteiger partial charge in [0.05, 0.1) is 6.61 Å². The van der Waals surface area contributed by atoms with Crippen LogP contribution in [-0.2, 0) is 0 Å². The first kappa shape index (κ1) is 10.4. The second-order valence-electron chi connectivity index (χ2n) is 3.58. The predicted molar refractivity (Wildman–Crippen MR) is 54.3 cm³/mol. The summed E-state index contributed by atoms with van der Waals surface area (Å²) in [4.78, 5) is 0. The highest BCUT2D eigenvalue weighted by atomic mass is 32.2. The third-order valence-corrected chi connectivity index (χ3v) is 3.66. The van der Waals surface area contributed by atoms with E-state index < -0.39 is 0 Å². The molecule has 0 aromatic rings. The molecule has 0 aromatic heterocycles. The Hall–Kier alpha value is 0.270. The van der Waals surface area contributed by atoms with Gasteiger partial charge in [-0.3, -0.25) is 0 Å². The molecule has 0 spiro atoms. The summed E-state index contributed by atoms with van der Waals surface area (Å²) in [6.45, 7) is 0.316. The van der Waals surface area contributed by atoms with Crippen LogP contribution in [0.2, 0.25) is 0 Å². The van der Waals surface area contributed by atoms with Crippen LogP contribution in [0.5, 0.6) is 0 Å². The maximum Gasteiger partial charge on any atom is 0.0521 e. The molecule has 0 bridgehead atoms. The van der Waals surface area contributed by atoms with Crippen LogP contribution in [0, 0.1) is 5.92 Å². The SMILES string of the molecule is NC1CCC(CSCCO)CC1. The lowest BCUT2D eigenvalue weighted by Gasteiger charge is -2.25. The second kappa shape index (κ2) is 5.84. The van der Waals surface area contributed by atoms with Crippen molar-refractivity contribution in [3.63, 3.8) is 0 Å². The van der Waals surface area contributed by atoms with Crippen molar-refractivity contribution in [2.45, 2.75) is 31.7 Å². The Labute approximate surface area is 78.9 Å². The third-order valence-electron chi connectivity index (χ3n) is 2.48. The number of thioether (sulfide) groups is 1. The zero-order valence-electron chi connectivity index (χ0n) is 7.54. The molecule has 0 radical (unpaired) electrons. The van der Waals surface area contributed by atoms with Gasteiger partial charge in [0.15, 0.2) is 0 Å². The molecule has 2 nitrogen and oxygen atoms in total. The number of aliphatic hydroxyl groups is 1. The monoisotopic (exact) mass is 189 g/mol. The van der Waals surface area contributed by atoms with Crippen molar-refractivity contribution in [3.05, 3.63) is 0 Å². The first-order valence-electron chi connectivity index (χ1n) is 4.77. The fourth-order valence-electron chi connectivity index (χ4n) is 1.67. The van der Waals surface area contributed by atoms with Crippen LogP contribution in [0.15, 0.2) is 0 Å². The molecule has 1 aliphatic rings. The van der Waals surface area contributed by atoms with Crippen LogP contribution in [0.25, 0.3) is 0 Å². The molecule has 0 heterocycles. The van der Waals surface area contributed by atoms with Crippen molar-refractivity contribution >= 4 is 11.8 Å². The summed E-state index contributed by atoms with van der Waals surface area (Å²) in [5.41, 5.74) is 5.80. The van der Waals surface area contributed by atoms with Gasteiger partial charge in [-0.1, -0.05) is 0 Å². The number of hydrogen-bond donors (Lipinski definition) is 2. The van der Waals surface area contributed by atoms with Gasteiger partial charge in [0.25, 0.3) is 0 Å². The molecule has 1 aliphatic carbocycles. The highest BCUT2D eigenvalue weighted by molar-refractivity contribution is 7.99. The summed E-state index contributed by atoms with van der Waals surface area (Å²) >= 11 is 1.87. The van der Waals surface area contributed by atoms with Crippen molar-refractivity contribution in [1.82, 2.24) is 0 Å². The number of rotatable bonds is 4. The molecule has 1 rings (SSSR count). The van der Waals surface area contributed by atoms with E-state index >= 15 is 0 Å². The van der Waals surface area contributed by atoms with Crippen LogP contribution in [0.1, 0.15) is 25.7 Å². The summed E-state index contributed by atoms with van der Waals surface area (Å²) in [7, 11) is 0. The molecular weight excluding hydrogens is 170 g/mol. The quantitative estimate of drug-likeness (QED) is 0.654. The minimum absolute atomic E-state index is 0.316. The van der Waals surface area contributed by atoms with E-state index in [1.54, 1.807) is 0 Å². The van der Waals surface area contributed by atoms with E-state index in [1.807, 2.05) is 11.8 Å². The molecule has 0 aliphatic heterocycles. The van der Waals surface area contributed by atoms with Crippen molar-refractivity contribution < 1.29 is 5.11 Å². The second-order valence-corrected chi connectivity index (χ2v) is 4.73. The van der Waals surface area contributed by atoms with E-state index in [4.69, 9.17) is 10.8 Å². The van der Waals surface area contributed by atoms with Crippen molar-refractivity contribution in [2.24, 2.45) is 11.7 Å². The van der Waals surface area contributed by atoms with Crippen molar-refractivity contribution in [2.75, 3.05) is 18.1 Å².